The Hall–Kier alpha value is -1.10. The van der Waals surface area contributed by atoms with Crippen molar-refractivity contribution >= 4 is 27.6 Å². The monoisotopic (exact) mass is 303 g/mol. The van der Waals surface area contributed by atoms with Crippen LogP contribution in [0, 0.1) is 5.82 Å². The lowest BCUT2D eigenvalue weighted by Gasteiger charge is -2.25. The summed E-state index contributed by atoms with van der Waals surface area (Å²) in [6, 6.07) is 4.50. The highest BCUT2D eigenvalue weighted by atomic mass is 79.9. The largest absolute Gasteiger partial charge is 0.464 e. The van der Waals surface area contributed by atoms with Gasteiger partial charge < -0.3 is 10.1 Å². The van der Waals surface area contributed by atoms with Gasteiger partial charge in [0, 0.05) is 4.47 Å². The van der Waals surface area contributed by atoms with Gasteiger partial charge >= 0.3 is 5.97 Å². The highest BCUT2D eigenvalue weighted by Gasteiger charge is 2.29. The minimum atomic E-state index is -0.975. The number of carbonyl (C=O) groups is 1. The number of benzene rings is 1. The van der Waals surface area contributed by atoms with E-state index in [1.807, 2.05) is 0 Å². The third-order valence-electron chi connectivity index (χ3n) is 2.16. The number of nitrogens with one attached hydrogen (secondary N) is 1. The molecule has 0 atom stereocenters. The second-order valence-electron chi connectivity index (χ2n) is 4.09. The van der Waals surface area contributed by atoms with Gasteiger partial charge in [-0.25, -0.2) is 9.18 Å². The summed E-state index contributed by atoms with van der Waals surface area (Å²) >= 11 is 3.25. The molecule has 0 fully saturated rings. The van der Waals surface area contributed by atoms with Crippen LogP contribution in [0.25, 0.3) is 0 Å². The summed E-state index contributed by atoms with van der Waals surface area (Å²) in [6.45, 7) is 5.31. The summed E-state index contributed by atoms with van der Waals surface area (Å²) < 4.78 is 19.2. The van der Waals surface area contributed by atoms with Crippen LogP contribution >= 0.6 is 15.9 Å². The molecule has 5 heteroatoms. The molecule has 0 saturated heterocycles. The van der Waals surface area contributed by atoms with Crippen molar-refractivity contribution in [3.63, 3.8) is 0 Å². The summed E-state index contributed by atoms with van der Waals surface area (Å²) in [4.78, 5) is 11.6. The maximum absolute atomic E-state index is 13.5. The Morgan fingerprint density at radius 2 is 2.18 bits per heavy atom. The number of hydrogen-bond donors (Lipinski definition) is 1. The lowest BCUT2D eigenvalue weighted by molar-refractivity contribution is -0.147. The number of carbonyl (C=O) groups excluding carboxylic acids is 1. The molecule has 0 aromatic heterocycles. The Morgan fingerprint density at radius 1 is 1.53 bits per heavy atom. The van der Waals surface area contributed by atoms with E-state index in [2.05, 4.69) is 21.2 Å². The molecule has 1 aromatic carbocycles. The molecule has 0 aliphatic heterocycles. The summed E-state index contributed by atoms with van der Waals surface area (Å²) in [5.74, 6) is -0.829. The molecule has 1 N–H and O–H groups in total. The molecule has 0 radical (unpaired) electrons. The first-order valence-corrected chi connectivity index (χ1v) is 6.06. The Morgan fingerprint density at radius 3 is 2.76 bits per heavy atom. The first kappa shape index (κ1) is 14.0. The van der Waals surface area contributed by atoms with Gasteiger partial charge in [-0.3, -0.25) is 0 Å². The van der Waals surface area contributed by atoms with Crippen molar-refractivity contribution in [3.8, 4) is 0 Å². The highest BCUT2D eigenvalue weighted by Crippen LogP contribution is 2.23. The van der Waals surface area contributed by atoms with Gasteiger partial charge in [0.2, 0.25) is 0 Å². The fraction of sp³-hybridized carbons (Fsp3) is 0.417. The SMILES string of the molecule is CCOC(=O)C(C)(C)Nc1cc(Br)ccc1F. The van der Waals surface area contributed by atoms with Gasteiger partial charge in [0.15, 0.2) is 0 Å². The van der Waals surface area contributed by atoms with Gasteiger partial charge in [-0.05, 0) is 39.0 Å². The summed E-state index contributed by atoms with van der Waals surface area (Å²) in [5.41, 5.74) is -0.713. The molecule has 1 aromatic rings. The van der Waals surface area contributed by atoms with E-state index in [4.69, 9.17) is 4.74 Å². The zero-order valence-corrected chi connectivity index (χ0v) is 11.6. The Bertz CT molecular complexity index is 421. The molecule has 0 spiro atoms. The maximum Gasteiger partial charge on any atom is 0.331 e. The zero-order chi connectivity index (χ0) is 13.1. The Balaban J connectivity index is 2.89. The molecule has 17 heavy (non-hydrogen) atoms. The van der Waals surface area contributed by atoms with Crippen molar-refractivity contribution < 1.29 is 13.9 Å². The van der Waals surface area contributed by atoms with E-state index in [1.165, 1.54) is 6.07 Å². The quantitative estimate of drug-likeness (QED) is 0.867. The highest BCUT2D eigenvalue weighted by molar-refractivity contribution is 9.10. The van der Waals surface area contributed by atoms with Crippen molar-refractivity contribution in [2.75, 3.05) is 11.9 Å². The number of rotatable bonds is 4. The summed E-state index contributed by atoms with van der Waals surface area (Å²) in [5, 5.41) is 2.83. The molecule has 0 bridgehead atoms. The molecule has 1 rings (SSSR count). The predicted molar refractivity (Wildman–Crippen MR) is 68.4 cm³/mol. The van der Waals surface area contributed by atoms with Crippen molar-refractivity contribution in [1.82, 2.24) is 0 Å². The van der Waals surface area contributed by atoms with Gasteiger partial charge in [-0.2, -0.15) is 0 Å². The number of halogens is 2. The maximum atomic E-state index is 13.5. The molecular formula is C12H15BrFNO2. The van der Waals surface area contributed by atoms with E-state index in [1.54, 1.807) is 32.9 Å². The van der Waals surface area contributed by atoms with Crippen molar-refractivity contribution in [2.45, 2.75) is 26.3 Å². The minimum absolute atomic E-state index is 0.262. The average Bonchev–Trinajstić information content (AvgIpc) is 2.23. The van der Waals surface area contributed by atoms with Crippen LogP contribution in [0.1, 0.15) is 20.8 Å². The van der Waals surface area contributed by atoms with Crippen LogP contribution in [0.15, 0.2) is 22.7 Å². The van der Waals surface area contributed by atoms with E-state index < -0.39 is 17.3 Å². The van der Waals surface area contributed by atoms with E-state index >= 15 is 0 Å². The van der Waals surface area contributed by atoms with Gasteiger partial charge in [0.25, 0.3) is 0 Å². The number of hydrogen-bond acceptors (Lipinski definition) is 3. The third kappa shape index (κ3) is 3.70. The van der Waals surface area contributed by atoms with Gasteiger partial charge in [-0.15, -0.1) is 0 Å². The number of esters is 1. The second kappa shape index (κ2) is 5.49. The van der Waals surface area contributed by atoms with Gasteiger partial charge in [-0.1, -0.05) is 15.9 Å². The molecule has 0 saturated carbocycles. The standard InChI is InChI=1S/C12H15BrFNO2/c1-4-17-11(16)12(2,3)15-10-7-8(13)5-6-9(10)14/h5-7,15H,4H2,1-3H3. The second-order valence-corrected chi connectivity index (χ2v) is 5.01. The molecule has 0 amide bonds. The first-order valence-electron chi connectivity index (χ1n) is 5.27. The Labute approximate surface area is 108 Å². The van der Waals surface area contributed by atoms with E-state index in [9.17, 15) is 9.18 Å². The van der Waals surface area contributed by atoms with E-state index in [0.717, 1.165) is 4.47 Å². The lowest BCUT2D eigenvalue weighted by Crippen LogP contribution is -2.41. The van der Waals surface area contributed by atoms with Crippen LogP contribution in [-0.2, 0) is 9.53 Å². The van der Waals surface area contributed by atoms with Crippen LogP contribution < -0.4 is 5.32 Å². The van der Waals surface area contributed by atoms with Crippen LogP contribution in [-0.4, -0.2) is 18.1 Å². The third-order valence-corrected chi connectivity index (χ3v) is 2.65. The number of anilines is 1. The van der Waals surface area contributed by atoms with Crippen LogP contribution in [0.2, 0.25) is 0 Å². The van der Waals surface area contributed by atoms with Gasteiger partial charge in [0.1, 0.15) is 11.4 Å². The van der Waals surface area contributed by atoms with Gasteiger partial charge in [0.05, 0.1) is 12.3 Å². The summed E-state index contributed by atoms with van der Waals surface area (Å²) in [7, 11) is 0. The molecule has 0 aliphatic rings. The van der Waals surface area contributed by atoms with Crippen molar-refractivity contribution in [2.24, 2.45) is 0 Å². The van der Waals surface area contributed by atoms with E-state index in [-0.39, 0.29) is 5.69 Å². The minimum Gasteiger partial charge on any atom is -0.464 e. The predicted octanol–water partition coefficient (Wildman–Crippen LogP) is 3.34. The number of ether oxygens (including phenoxy) is 1. The first-order chi connectivity index (χ1) is 7.86. The molecule has 0 aliphatic carbocycles. The smallest absolute Gasteiger partial charge is 0.331 e. The Kier molecular flexibility index (Phi) is 4.51. The molecule has 0 unspecified atom stereocenters. The average molecular weight is 304 g/mol. The van der Waals surface area contributed by atoms with Crippen LogP contribution in [0.4, 0.5) is 10.1 Å². The molecule has 3 nitrogen and oxygen atoms in total. The molecule has 94 valence electrons. The van der Waals surface area contributed by atoms with Crippen molar-refractivity contribution in [1.29, 1.82) is 0 Å². The van der Waals surface area contributed by atoms with E-state index in [0.29, 0.717) is 6.61 Å². The summed E-state index contributed by atoms with van der Waals surface area (Å²) in [6.07, 6.45) is 0. The lowest BCUT2D eigenvalue weighted by atomic mass is 10.1. The zero-order valence-electron chi connectivity index (χ0n) is 10.0. The fourth-order valence-electron chi connectivity index (χ4n) is 1.29. The molecular weight excluding hydrogens is 289 g/mol. The fourth-order valence-corrected chi connectivity index (χ4v) is 1.65. The van der Waals surface area contributed by atoms with Crippen molar-refractivity contribution in [3.05, 3.63) is 28.5 Å². The normalized spacial score (nSPS) is 11.1. The van der Waals surface area contributed by atoms with Crippen LogP contribution in [0.3, 0.4) is 0 Å². The molecule has 0 heterocycles. The van der Waals surface area contributed by atoms with Crippen LogP contribution in [0.5, 0.6) is 0 Å². The topological polar surface area (TPSA) is 38.3 Å².